The topological polar surface area (TPSA) is 43.8 Å². The summed E-state index contributed by atoms with van der Waals surface area (Å²) in [5.74, 6) is -0.427. The van der Waals surface area contributed by atoms with E-state index >= 15 is 0 Å². The van der Waals surface area contributed by atoms with Crippen molar-refractivity contribution in [2.75, 3.05) is 5.73 Å². The number of anilines is 1. The highest BCUT2D eigenvalue weighted by Crippen LogP contribution is 2.30. The van der Waals surface area contributed by atoms with E-state index in [4.69, 9.17) is 5.73 Å². The fraction of sp³-hybridized carbons (Fsp3) is 0.182. The molecule has 1 aromatic carbocycles. The number of allylic oxidation sites excluding steroid dienone is 1. The first-order valence-corrected chi connectivity index (χ1v) is 4.57. The van der Waals surface area contributed by atoms with Crippen LogP contribution in [0.15, 0.2) is 19.0 Å². The van der Waals surface area contributed by atoms with Gasteiger partial charge in [-0.15, -0.1) is 0 Å². The number of nitrogens with zero attached hydrogens (tertiary/aromatic N) is 2. The summed E-state index contributed by atoms with van der Waals surface area (Å²) in [5, 5.41) is 0. The molecule has 3 nitrogen and oxygen atoms in total. The second-order valence-electron chi connectivity index (χ2n) is 3.65. The van der Waals surface area contributed by atoms with E-state index in [1.807, 2.05) is 7.05 Å². The molecule has 2 rings (SSSR count). The van der Waals surface area contributed by atoms with E-state index < -0.39 is 5.82 Å². The quantitative estimate of drug-likeness (QED) is 0.726. The monoisotopic (exact) mass is 205 g/mol. The highest BCUT2D eigenvalue weighted by molar-refractivity contribution is 5.94. The van der Waals surface area contributed by atoms with Gasteiger partial charge in [-0.1, -0.05) is 6.58 Å². The molecule has 78 valence electrons. The Morgan fingerprint density at radius 2 is 2.27 bits per heavy atom. The average Bonchev–Trinajstić information content (AvgIpc) is 2.49. The summed E-state index contributed by atoms with van der Waals surface area (Å²) in [7, 11) is 1.81. The third-order valence-electron chi connectivity index (χ3n) is 2.44. The van der Waals surface area contributed by atoms with Gasteiger partial charge in [0.05, 0.1) is 23.0 Å². The number of hydrogen-bond acceptors (Lipinski definition) is 2. The van der Waals surface area contributed by atoms with Crippen molar-refractivity contribution in [1.82, 2.24) is 9.55 Å². The van der Waals surface area contributed by atoms with E-state index in [0.717, 1.165) is 11.1 Å². The standard InChI is InChI=1S/C11H12FN3/c1-6(2)9-10(13)7(12)4-8-11(9)14-5-15(8)3/h4-5H,1,13H2,2-3H3. The molecule has 0 saturated heterocycles. The summed E-state index contributed by atoms with van der Waals surface area (Å²) in [4.78, 5) is 4.20. The van der Waals surface area contributed by atoms with Crippen LogP contribution < -0.4 is 5.73 Å². The van der Waals surface area contributed by atoms with Gasteiger partial charge in [-0.25, -0.2) is 9.37 Å². The van der Waals surface area contributed by atoms with Gasteiger partial charge in [-0.05, 0) is 12.5 Å². The molecule has 0 aliphatic carbocycles. The zero-order chi connectivity index (χ0) is 11.2. The number of hydrogen-bond donors (Lipinski definition) is 1. The first kappa shape index (κ1) is 9.71. The summed E-state index contributed by atoms with van der Waals surface area (Å²) in [6.45, 7) is 5.58. The lowest BCUT2D eigenvalue weighted by Crippen LogP contribution is -1.98. The molecule has 0 fully saturated rings. The SMILES string of the molecule is C=C(C)c1c(N)c(F)cc2c1ncn2C. The second kappa shape index (κ2) is 3.08. The molecule has 0 saturated carbocycles. The number of aryl methyl sites for hydroxylation is 1. The highest BCUT2D eigenvalue weighted by atomic mass is 19.1. The third-order valence-corrected chi connectivity index (χ3v) is 2.44. The van der Waals surface area contributed by atoms with Gasteiger partial charge in [0.25, 0.3) is 0 Å². The van der Waals surface area contributed by atoms with Crippen molar-refractivity contribution in [2.24, 2.45) is 7.05 Å². The lowest BCUT2D eigenvalue weighted by molar-refractivity contribution is 0.633. The molecular formula is C11H12FN3. The highest BCUT2D eigenvalue weighted by Gasteiger charge is 2.14. The lowest BCUT2D eigenvalue weighted by Gasteiger charge is -2.07. The van der Waals surface area contributed by atoms with Gasteiger partial charge in [0.2, 0.25) is 0 Å². The minimum absolute atomic E-state index is 0.119. The number of imidazole rings is 1. The molecule has 0 atom stereocenters. The number of halogens is 1. The van der Waals surface area contributed by atoms with Gasteiger partial charge < -0.3 is 10.3 Å². The molecule has 15 heavy (non-hydrogen) atoms. The molecule has 2 aromatic rings. The van der Waals surface area contributed by atoms with Crippen molar-refractivity contribution in [3.05, 3.63) is 30.4 Å². The number of benzene rings is 1. The van der Waals surface area contributed by atoms with Crippen LogP contribution in [0, 0.1) is 5.82 Å². The minimum atomic E-state index is -0.427. The van der Waals surface area contributed by atoms with Gasteiger partial charge in [0.15, 0.2) is 0 Å². The van der Waals surface area contributed by atoms with Gasteiger partial charge in [0.1, 0.15) is 5.82 Å². The number of nitrogen functional groups attached to an aromatic ring is 1. The molecular weight excluding hydrogens is 193 g/mol. The molecule has 0 aliphatic heterocycles. The Labute approximate surface area is 87.0 Å². The maximum atomic E-state index is 13.5. The molecule has 0 aliphatic rings. The van der Waals surface area contributed by atoms with E-state index in [-0.39, 0.29) is 5.69 Å². The van der Waals surface area contributed by atoms with Crippen LogP contribution in [0.3, 0.4) is 0 Å². The lowest BCUT2D eigenvalue weighted by atomic mass is 10.0. The number of aromatic nitrogens is 2. The molecule has 1 heterocycles. The van der Waals surface area contributed by atoms with E-state index in [2.05, 4.69) is 11.6 Å². The minimum Gasteiger partial charge on any atom is -0.396 e. The van der Waals surface area contributed by atoms with E-state index in [1.54, 1.807) is 17.8 Å². The van der Waals surface area contributed by atoms with Crippen LogP contribution in [0.5, 0.6) is 0 Å². The number of fused-ring (bicyclic) bond motifs is 1. The summed E-state index contributed by atoms with van der Waals surface area (Å²) in [6.07, 6.45) is 1.63. The zero-order valence-electron chi connectivity index (χ0n) is 8.71. The molecule has 4 heteroatoms. The largest absolute Gasteiger partial charge is 0.396 e. The first-order valence-electron chi connectivity index (χ1n) is 4.57. The van der Waals surface area contributed by atoms with Crippen molar-refractivity contribution in [1.29, 1.82) is 0 Å². The molecule has 0 radical (unpaired) electrons. The predicted octanol–water partition coefficient (Wildman–Crippen LogP) is 2.33. The van der Waals surface area contributed by atoms with Crippen LogP contribution in [0.4, 0.5) is 10.1 Å². The van der Waals surface area contributed by atoms with Gasteiger partial charge >= 0.3 is 0 Å². The van der Waals surface area contributed by atoms with Crippen LogP contribution >= 0.6 is 0 Å². The van der Waals surface area contributed by atoms with Crippen LogP contribution in [0.1, 0.15) is 12.5 Å². The van der Waals surface area contributed by atoms with Crippen LogP contribution in [0.2, 0.25) is 0 Å². The maximum absolute atomic E-state index is 13.5. The Hall–Kier alpha value is -1.84. The van der Waals surface area contributed by atoms with E-state index in [0.29, 0.717) is 11.1 Å². The Balaban J connectivity index is 2.97. The first-order chi connectivity index (χ1) is 7.02. The molecule has 1 aromatic heterocycles. The summed E-state index contributed by atoms with van der Waals surface area (Å²) < 4.78 is 15.3. The van der Waals surface area contributed by atoms with Crippen molar-refractivity contribution >= 4 is 22.3 Å². The Bertz CT molecular complexity index is 554. The fourth-order valence-electron chi connectivity index (χ4n) is 1.68. The third kappa shape index (κ3) is 1.29. The molecule has 0 amide bonds. The number of nitrogens with two attached hydrogens (primary N) is 1. The molecule has 0 unspecified atom stereocenters. The van der Waals surface area contributed by atoms with Crippen molar-refractivity contribution < 1.29 is 4.39 Å². The predicted molar refractivity (Wildman–Crippen MR) is 59.8 cm³/mol. The Morgan fingerprint density at radius 1 is 1.60 bits per heavy atom. The van der Waals surface area contributed by atoms with Crippen LogP contribution in [-0.4, -0.2) is 9.55 Å². The number of rotatable bonds is 1. The van der Waals surface area contributed by atoms with Crippen LogP contribution in [0.25, 0.3) is 16.6 Å². The normalized spacial score (nSPS) is 10.9. The molecule has 0 bridgehead atoms. The molecule has 2 N–H and O–H groups in total. The van der Waals surface area contributed by atoms with Gasteiger partial charge in [-0.2, -0.15) is 0 Å². The van der Waals surface area contributed by atoms with Crippen molar-refractivity contribution in [3.63, 3.8) is 0 Å². The average molecular weight is 205 g/mol. The van der Waals surface area contributed by atoms with Crippen molar-refractivity contribution in [3.8, 4) is 0 Å². The fourth-order valence-corrected chi connectivity index (χ4v) is 1.68. The van der Waals surface area contributed by atoms with Gasteiger partial charge in [0, 0.05) is 18.7 Å². The Kier molecular flexibility index (Phi) is 2.00. The smallest absolute Gasteiger partial charge is 0.148 e. The summed E-state index contributed by atoms with van der Waals surface area (Å²) in [6, 6.07) is 1.39. The summed E-state index contributed by atoms with van der Waals surface area (Å²) in [5.41, 5.74) is 8.53. The van der Waals surface area contributed by atoms with Crippen LogP contribution in [-0.2, 0) is 7.05 Å². The Morgan fingerprint density at radius 3 is 2.87 bits per heavy atom. The van der Waals surface area contributed by atoms with E-state index in [1.165, 1.54) is 6.07 Å². The molecule has 0 spiro atoms. The summed E-state index contributed by atoms with van der Waals surface area (Å²) >= 11 is 0. The van der Waals surface area contributed by atoms with E-state index in [9.17, 15) is 4.39 Å². The van der Waals surface area contributed by atoms with Crippen molar-refractivity contribution in [2.45, 2.75) is 6.92 Å². The maximum Gasteiger partial charge on any atom is 0.148 e. The second-order valence-corrected chi connectivity index (χ2v) is 3.65. The van der Waals surface area contributed by atoms with Gasteiger partial charge in [-0.3, -0.25) is 0 Å². The zero-order valence-corrected chi connectivity index (χ0v) is 8.71.